The van der Waals surface area contributed by atoms with Gasteiger partial charge in [-0.2, -0.15) is 0 Å². The highest BCUT2D eigenvalue weighted by atomic mass is 35.5. The van der Waals surface area contributed by atoms with Gasteiger partial charge < -0.3 is 43.8 Å². The highest BCUT2D eigenvalue weighted by Crippen LogP contribution is 2.28. The molecule has 0 N–H and O–H groups in total. The quantitative estimate of drug-likeness (QED) is 0.283. The molecule has 34 heavy (non-hydrogen) atoms. The molecule has 0 unspecified atom stereocenters. The van der Waals surface area contributed by atoms with Crippen LogP contribution in [0.1, 0.15) is 27.7 Å². The van der Waals surface area contributed by atoms with Crippen molar-refractivity contribution >= 4 is 11.9 Å². The lowest BCUT2D eigenvalue weighted by atomic mass is 10.2. The average Bonchev–Trinajstić information content (AvgIpc) is 2.77. The molecule has 1 aliphatic rings. The van der Waals surface area contributed by atoms with E-state index >= 15 is 0 Å². The van der Waals surface area contributed by atoms with Gasteiger partial charge in [-0.25, -0.2) is 0 Å². The van der Waals surface area contributed by atoms with Crippen molar-refractivity contribution in [2.24, 2.45) is 0 Å². The summed E-state index contributed by atoms with van der Waals surface area (Å²) in [6.07, 6.45) is 0. The van der Waals surface area contributed by atoms with Crippen LogP contribution in [-0.2, 0) is 0 Å². The molecule has 2 aromatic rings. The molecule has 1 fully saturated rings. The van der Waals surface area contributed by atoms with E-state index in [1.54, 1.807) is 0 Å². The van der Waals surface area contributed by atoms with Gasteiger partial charge in [0, 0.05) is 0 Å². The van der Waals surface area contributed by atoms with Crippen molar-refractivity contribution in [3.8, 4) is 24.0 Å². The Kier molecular flexibility index (Phi) is 11.4. The second kappa shape index (κ2) is 13.0. The van der Waals surface area contributed by atoms with Crippen LogP contribution < -0.4 is 52.7 Å². The van der Waals surface area contributed by atoms with E-state index in [1.807, 2.05) is 27.7 Å². The van der Waals surface area contributed by atoms with E-state index in [-0.39, 0.29) is 48.9 Å². The first-order chi connectivity index (χ1) is 15.4. The fourth-order valence-electron chi connectivity index (χ4n) is 3.42. The van der Waals surface area contributed by atoms with Crippen molar-refractivity contribution in [1.29, 1.82) is 0 Å². The van der Waals surface area contributed by atoms with Gasteiger partial charge in [-0.1, -0.05) is 0 Å². The molecule has 2 aromatic heterocycles. The molecule has 3 rings (SSSR count). The van der Waals surface area contributed by atoms with Crippen LogP contribution in [0.5, 0.6) is 24.0 Å². The Morgan fingerprint density at radius 3 is 0.941 bits per heavy atom. The van der Waals surface area contributed by atoms with Crippen molar-refractivity contribution in [2.75, 3.05) is 66.7 Å². The van der Waals surface area contributed by atoms with Crippen molar-refractivity contribution in [3.63, 3.8) is 0 Å². The molecule has 0 aromatic carbocycles. The lowest BCUT2D eigenvalue weighted by molar-refractivity contribution is -0.001000. The number of halogens is 2. The summed E-state index contributed by atoms with van der Waals surface area (Å²) in [7, 11) is 4.21. The highest BCUT2D eigenvalue weighted by molar-refractivity contribution is 5.33. The lowest BCUT2D eigenvalue weighted by Gasteiger charge is -2.42. The maximum Gasteiger partial charge on any atom is 0.338 e. The van der Waals surface area contributed by atoms with Gasteiger partial charge in [0.05, 0.1) is 40.5 Å². The van der Waals surface area contributed by atoms with Gasteiger partial charge >= 0.3 is 35.9 Å². The van der Waals surface area contributed by atoms with E-state index < -0.39 is 0 Å². The molecule has 0 aliphatic carbocycles. The fraction of sp³-hybridized carbons (Fsp3) is 0.700. The molecule has 0 bridgehead atoms. The molecule has 0 amide bonds. The summed E-state index contributed by atoms with van der Waals surface area (Å²) in [5.74, 6) is 1.25. The molecule has 0 atom stereocenters. The molecule has 0 spiro atoms. The van der Waals surface area contributed by atoms with Crippen LogP contribution in [0.4, 0.5) is 11.9 Å². The molecule has 1 saturated heterocycles. The standard InChI is InChI=1S/C20H34N8O4.2ClH/c1-7-29-17-21-15(22-18(25-17)30-8-2)27(5)11-13-28(6,14-12-27)16-23-19(31-9-3)26-20(24-16)32-10-4;;/h7-14H2,1-6H3;2*1H/q+2;;/p-2. The normalized spacial score (nSPS) is 21.6. The van der Waals surface area contributed by atoms with Crippen molar-refractivity contribution in [3.05, 3.63) is 0 Å². The first-order valence-corrected chi connectivity index (χ1v) is 11.1. The van der Waals surface area contributed by atoms with Gasteiger partial charge in [-0.3, -0.25) is 8.97 Å². The molecule has 192 valence electrons. The topological polar surface area (TPSA) is 114 Å². The highest BCUT2D eigenvalue weighted by Gasteiger charge is 2.44. The number of likely N-dealkylation sites (N-methyl/N-ethyl adjacent to an activating group) is 2. The molecule has 1 aliphatic heterocycles. The van der Waals surface area contributed by atoms with Crippen LogP contribution in [0.2, 0.25) is 0 Å². The molecule has 0 saturated carbocycles. The van der Waals surface area contributed by atoms with Gasteiger partial charge in [-0.15, -0.1) is 29.9 Å². The second-order valence-corrected chi connectivity index (χ2v) is 7.82. The summed E-state index contributed by atoms with van der Waals surface area (Å²) in [5.41, 5.74) is 0. The van der Waals surface area contributed by atoms with E-state index in [4.69, 9.17) is 18.9 Å². The Labute approximate surface area is 213 Å². The average molecular weight is 521 g/mol. The van der Waals surface area contributed by atoms with Crippen molar-refractivity contribution in [2.45, 2.75) is 27.7 Å². The zero-order valence-electron chi connectivity index (χ0n) is 20.6. The summed E-state index contributed by atoms with van der Waals surface area (Å²) in [5, 5.41) is 0. The largest absolute Gasteiger partial charge is 1.00 e. The number of rotatable bonds is 10. The Morgan fingerprint density at radius 2 is 0.735 bits per heavy atom. The van der Waals surface area contributed by atoms with Crippen LogP contribution in [0.3, 0.4) is 0 Å². The number of ether oxygens (including phenoxy) is 4. The van der Waals surface area contributed by atoms with Gasteiger partial charge in [0.15, 0.2) is 0 Å². The maximum absolute atomic E-state index is 5.54. The zero-order valence-corrected chi connectivity index (χ0v) is 22.1. The van der Waals surface area contributed by atoms with E-state index in [9.17, 15) is 0 Å². The number of hydrogen-bond acceptors (Lipinski definition) is 10. The Hall–Kier alpha value is -2.28. The molecule has 12 nitrogen and oxygen atoms in total. The summed E-state index contributed by atoms with van der Waals surface area (Å²) >= 11 is 0. The molecular weight excluding hydrogens is 487 g/mol. The lowest BCUT2D eigenvalue weighted by Crippen LogP contribution is -3.00. The first-order valence-electron chi connectivity index (χ1n) is 11.1. The van der Waals surface area contributed by atoms with Gasteiger partial charge in [-0.05, 0) is 27.7 Å². The summed E-state index contributed by atoms with van der Waals surface area (Å²) < 4.78 is 23.2. The molecule has 0 radical (unpaired) electrons. The van der Waals surface area contributed by atoms with E-state index in [0.717, 1.165) is 26.2 Å². The number of quaternary nitrogens is 2. The van der Waals surface area contributed by atoms with E-state index in [0.29, 0.717) is 47.3 Å². The van der Waals surface area contributed by atoms with Gasteiger partial charge in [0.1, 0.15) is 26.2 Å². The number of nitrogens with zero attached hydrogens (tertiary/aromatic N) is 8. The van der Waals surface area contributed by atoms with Crippen molar-refractivity contribution < 1.29 is 43.8 Å². The van der Waals surface area contributed by atoms with Crippen molar-refractivity contribution in [1.82, 2.24) is 38.9 Å². The van der Waals surface area contributed by atoms with Crippen LogP contribution in [0, 0.1) is 0 Å². The Morgan fingerprint density at radius 1 is 0.500 bits per heavy atom. The number of piperazine rings is 1. The minimum Gasteiger partial charge on any atom is -1.00 e. The third-order valence-corrected chi connectivity index (χ3v) is 5.40. The smallest absolute Gasteiger partial charge is 0.338 e. The van der Waals surface area contributed by atoms with Crippen LogP contribution in [0.25, 0.3) is 0 Å². The monoisotopic (exact) mass is 520 g/mol. The van der Waals surface area contributed by atoms with Gasteiger partial charge in [0.2, 0.25) is 0 Å². The fourth-order valence-corrected chi connectivity index (χ4v) is 3.42. The predicted molar refractivity (Wildman–Crippen MR) is 119 cm³/mol. The summed E-state index contributed by atoms with van der Waals surface area (Å²) in [6, 6.07) is 1.12. The minimum absolute atomic E-state index is 0. The van der Waals surface area contributed by atoms with E-state index in [2.05, 4.69) is 44.0 Å². The maximum atomic E-state index is 5.54. The zero-order chi connectivity index (χ0) is 23.2. The van der Waals surface area contributed by atoms with Crippen LogP contribution >= 0.6 is 0 Å². The third kappa shape index (κ3) is 6.87. The first kappa shape index (κ1) is 29.8. The molecule has 3 heterocycles. The number of hydrogen-bond donors (Lipinski definition) is 0. The molecule has 14 heteroatoms. The molecular formula is C20H34Cl2N8O4. The second-order valence-electron chi connectivity index (χ2n) is 7.82. The van der Waals surface area contributed by atoms with E-state index in [1.165, 1.54) is 0 Å². The van der Waals surface area contributed by atoms with Crippen LogP contribution in [0.15, 0.2) is 0 Å². The minimum atomic E-state index is 0. The summed E-state index contributed by atoms with van der Waals surface area (Å²) in [6.45, 7) is 12.5. The number of aromatic nitrogens is 6. The summed E-state index contributed by atoms with van der Waals surface area (Å²) in [4.78, 5) is 26.7. The predicted octanol–water partition coefficient (Wildman–Crippen LogP) is -4.75. The third-order valence-electron chi connectivity index (χ3n) is 5.40. The Balaban J connectivity index is 0.00000289. The SMILES string of the molecule is CCOc1nc(OCC)nc([N+]2(C)CC[N+](C)(c3nc(OCC)nc(OCC)n3)CC2)n1.[Cl-].[Cl-]. The van der Waals surface area contributed by atoms with Gasteiger partial charge in [0.25, 0.3) is 0 Å². The Bertz CT molecular complexity index is 794. The van der Waals surface area contributed by atoms with Crippen LogP contribution in [-0.4, -0.2) is 96.6 Å².